The first-order valence-electron chi connectivity index (χ1n) is 10.5. The number of hydrogen-bond acceptors (Lipinski definition) is 3. The fraction of sp³-hybridized carbons (Fsp3) is 0.240. The first-order valence-corrected chi connectivity index (χ1v) is 11.2. The Morgan fingerprint density at radius 3 is 2.53 bits per heavy atom. The summed E-state index contributed by atoms with van der Waals surface area (Å²) < 4.78 is 2.12. The maximum Gasteiger partial charge on any atom is 0.222 e. The Labute approximate surface area is 197 Å². The summed E-state index contributed by atoms with van der Waals surface area (Å²) in [5.74, 6) is 0.860. The van der Waals surface area contributed by atoms with E-state index in [-0.39, 0.29) is 5.91 Å². The number of imidazole rings is 1. The smallest absolute Gasteiger partial charge is 0.222 e. The van der Waals surface area contributed by atoms with Crippen LogP contribution in [0.3, 0.4) is 0 Å². The number of nitrogens with one attached hydrogen (secondary N) is 1. The molecule has 4 aromatic rings. The Kier molecular flexibility index (Phi) is 6.77. The van der Waals surface area contributed by atoms with E-state index in [2.05, 4.69) is 40.8 Å². The third kappa shape index (κ3) is 5.12. The fourth-order valence-corrected chi connectivity index (χ4v) is 4.13. The van der Waals surface area contributed by atoms with E-state index in [1.165, 1.54) is 11.1 Å². The van der Waals surface area contributed by atoms with E-state index in [0.29, 0.717) is 36.0 Å². The number of aromatic nitrogens is 3. The van der Waals surface area contributed by atoms with E-state index >= 15 is 0 Å². The zero-order chi connectivity index (χ0) is 22.7. The summed E-state index contributed by atoms with van der Waals surface area (Å²) in [5.41, 5.74) is 6.29. The zero-order valence-corrected chi connectivity index (χ0v) is 19.5. The molecule has 0 aliphatic rings. The molecular formula is C25H24Cl2N4O. The van der Waals surface area contributed by atoms with Gasteiger partial charge in [0.1, 0.15) is 5.82 Å². The maximum absolute atomic E-state index is 12.5. The topological polar surface area (TPSA) is 59.8 Å². The van der Waals surface area contributed by atoms with Gasteiger partial charge in [0, 0.05) is 48.4 Å². The molecule has 4 rings (SSSR count). The second-order valence-corrected chi connectivity index (χ2v) is 8.74. The van der Waals surface area contributed by atoms with Gasteiger partial charge in [-0.1, -0.05) is 29.3 Å². The highest BCUT2D eigenvalue weighted by atomic mass is 35.5. The SMILES string of the molecule is Cc1cc2nc(Cc3ccc(Cl)cc3Cl)n(CCC(=O)NCc3ccncc3)c2cc1C. The van der Waals surface area contributed by atoms with Crippen LogP contribution in [0.15, 0.2) is 54.9 Å². The van der Waals surface area contributed by atoms with Crippen molar-refractivity contribution in [3.05, 3.63) is 93.0 Å². The normalized spacial score (nSPS) is 11.1. The lowest BCUT2D eigenvalue weighted by molar-refractivity contribution is -0.121. The molecule has 0 radical (unpaired) electrons. The number of aryl methyl sites for hydroxylation is 3. The first kappa shape index (κ1) is 22.3. The van der Waals surface area contributed by atoms with Gasteiger partial charge in [-0.3, -0.25) is 9.78 Å². The number of fused-ring (bicyclic) bond motifs is 1. The third-order valence-corrected chi connectivity index (χ3v) is 6.19. The monoisotopic (exact) mass is 466 g/mol. The van der Waals surface area contributed by atoms with E-state index in [0.717, 1.165) is 28.0 Å². The zero-order valence-electron chi connectivity index (χ0n) is 18.0. The van der Waals surface area contributed by atoms with Crippen LogP contribution < -0.4 is 5.32 Å². The predicted molar refractivity (Wildman–Crippen MR) is 129 cm³/mol. The molecular weight excluding hydrogens is 443 g/mol. The molecule has 0 bridgehead atoms. The first-order chi connectivity index (χ1) is 15.4. The number of carbonyl (C=O) groups is 1. The molecule has 5 nitrogen and oxygen atoms in total. The second-order valence-electron chi connectivity index (χ2n) is 7.90. The van der Waals surface area contributed by atoms with Crippen molar-refractivity contribution < 1.29 is 4.79 Å². The summed E-state index contributed by atoms with van der Waals surface area (Å²) in [6.45, 7) is 5.18. The highest BCUT2D eigenvalue weighted by molar-refractivity contribution is 6.35. The van der Waals surface area contributed by atoms with Gasteiger partial charge in [-0.05, 0) is 72.5 Å². The van der Waals surface area contributed by atoms with E-state index in [4.69, 9.17) is 28.2 Å². The van der Waals surface area contributed by atoms with Crippen molar-refractivity contribution in [2.24, 2.45) is 0 Å². The molecule has 0 spiro atoms. The summed E-state index contributed by atoms with van der Waals surface area (Å²) >= 11 is 12.5. The molecule has 0 atom stereocenters. The summed E-state index contributed by atoms with van der Waals surface area (Å²) in [7, 11) is 0. The number of hydrogen-bond donors (Lipinski definition) is 1. The molecule has 0 fully saturated rings. The average molecular weight is 467 g/mol. The number of halogens is 2. The van der Waals surface area contributed by atoms with Crippen molar-refractivity contribution in [2.45, 2.75) is 39.8 Å². The second kappa shape index (κ2) is 9.72. The Balaban J connectivity index is 1.57. The molecule has 0 aliphatic heterocycles. The average Bonchev–Trinajstić information content (AvgIpc) is 3.09. The molecule has 0 unspecified atom stereocenters. The quantitative estimate of drug-likeness (QED) is 0.382. The highest BCUT2D eigenvalue weighted by Crippen LogP contribution is 2.26. The highest BCUT2D eigenvalue weighted by Gasteiger charge is 2.15. The number of nitrogens with zero attached hydrogens (tertiary/aromatic N) is 3. The van der Waals surface area contributed by atoms with Crippen LogP contribution in [-0.4, -0.2) is 20.4 Å². The molecule has 1 amide bonds. The predicted octanol–water partition coefficient (Wildman–Crippen LogP) is 5.65. The van der Waals surface area contributed by atoms with Crippen molar-refractivity contribution in [3.63, 3.8) is 0 Å². The molecule has 2 aromatic carbocycles. The molecule has 7 heteroatoms. The van der Waals surface area contributed by atoms with Crippen molar-refractivity contribution in [1.82, 2.24) is 19.9 Å². The summed E-state index contributed by atoms with van der Waals surface area (Å²) in [6, 6.07) is 13.5. The largest absolute Gasteiger partial charge is 0.352 e. The number of rotatable bonds is 7. The molecule has 0 aliphatic carbocycles. The maximum atomic E-state index is 12.5. The molecule has 0 saturated heterocycles. The number of amides is 1. The van der Waals surface area contributed by atoms with Crippen molar-refractivity contribution >= 4 is 40.1 Å². The third-order valence-electron chi connectivity index (χ3n) is 5.61. The summed E-state index contributed by atoms with van der Waals surface area (Å²) in [6.07, 6.45) is 4.35. The summed E-state index contributed by atoms with van der Waals surface area (Å²) in [5, 5.41) is 4.19. The van der Waals surface area contributed by atoms with Gasteiger partial charge in [0.2, 0.25) is 5.91 Å². The Morgan fingerprint density at radius 1 is 1.03 bits per heavy atom. The van der Waals surface area contributed by atoms with Crippen LogP contribution >= 0.6 is 23.2 Å². The van der Waals surface area contributed by atoms with E-state index in [1.54, 1.807) is 18.5 Å². The van der Waals surface area contributed by atoms with Gasteiger partial charge in [-0.25, -0.2) is 4.98 Å². The Bertz CT molecular complexity index is 1270. The van der Waals surface area contributed by atoms with Crippen LogP contribution in [0.25, 0.3) is 11.0 Å². The van der Waals surface area contributed by atoms with Gasteiger partial charge in [0.25, 0.3) is 0 Å². The standard InChI is InChI=1S/C25H24Cl2N4O/c1-16-11-22-23(12-17(16)2)31(10-7-25(32)29-15-18-5-8-28-9-6-18)24(30-22)13-19-3-4-20(26)14-21(19)27/h3-6,8-9,11-12,14H,7,10,13,15H2,1-2H3,(H,29,32). The van der Waals surface area contributed by atoms with E-state index in [9.17, 15) is 4.79 Å². The van der Waals surface area contributed by atoms with Gasteiger partial charge >= 0.3 is 0 Å². The minimum absolute atomic E-state index is 0.0111. The van der Waals surface area contributed by atoms with E-state index in [1.807, 2.05) is 24.3 Å². The van der Waals surface area contributed by atoms with Crippen LogP contribution in [-0.2, 0) is 24.3 Å². The Hall–Kier alpha value is -2.89. The lowest BCUT2D eigenvalue weighted by Gasteiger charge is -2.11. The van der Waals surface area contributed by atoms with Gasteiger partial charge in [-0.15, -0.1) is 0 Å². The molecule has 164 valence electrons. The Morgan fingerprint density at radius 2 is 1.78 bits per heavy atom. The number of carbonyl (C=O) groups excluding carboxylic acids is 1. The van der Waals surface area contributed by atoms with Crippen LogP contribution in [0, 0.1) is 13.8 Å². The van der Waals surface area contributed by atoms with Crippen molar-refractivity contribution in [2.75, 3.05) is 0 Å². The van der Waals surface area contributed by atoms with Crippen LogP contribution in [0.1, 0.15) is 34.5 Å². The van der Waals surface area contributed by atoms with Crippen LogP contribution in [0.2, 0.25) is 10.0 Å². The molecule has 2 heterocycles. The molecule has 2 aromatic heterocycles. The van der Waals surface area contributed by atoms with Gasteiger partial charge in [0.15, 0.2) is 0 Å². The minimum atomic E-state index is -0.0111. The van der Waals surface area contributed by atoms with Crippen molar-refractivity contribution in [1.29, 1.82) is 0 Å². The van der Waals surface area contributed by atoms with Gasteiger partial charge in [0.05, 0.1) is 11.0 Å². The molecule has 1 N–H and O–H groups in total. The van der Waals surface area contributed by atoms with Crippen LogP contribution in [0.5, 0.6) is 0 Å². The molecule has 32 heavy (non-hydrogen) atoms. The lowest BCUT2D eigenvalue weighted by Crippen LogP contribution is -2.24. The number of pyridine rings is 1. The summed E-state index contributed by atoms with van der Waals surface area (Å²) in [4.78, 5) is 21.4. The van der Waals surface area contributed by atoms with Crippen LogP contribution in [0.4, 0.5) is 0 Å². The fourth-order valence-electron chi connectivity index (χ4n) is 3.65. The van der Waals surface area contributed by atoms with Gasteiger partial charge < -0.3 is 9.88 Å². The number of benzene rings is 2. The molecule has 0 saturated carbocycles. The minimum Gasteiger partial charge on any atom is -0.352 e. The van der Waals surface area contributed by atoms with Crippen molar-refractivity contribution in [3.8, 4) is 0 Å². The van der Waals surface area contributed by atoms with E-state index < -0.39 is 0 Å². The van der Waals surface area contributed by atoms with Gasteiger partial charge in [-0.2, -0.15) is 0 Å². The lowest BCUT2D eigenvalue weighted by atomic mass is 10.1.